The van der Waals surface area contributed by atoms with E-state index >= 15 is 0 Å². The molecule has 2 aromatic heterocycles. The fourth-order valence-corrected chi connectivity index (χ4v) is 2.53. The Labute approximate surface area is 139 Å². The van der Waals surface area contributed by atoms with Gasteiger partial charge in [0, 0.05) is 31.5 Å². The van der Waals surface area contributed by atoms with Crippen LogP contribution in [0, 0.1) is 0 Å². The van der Waals surface area contributed by atoms with Crippen molar-refractivity contribution in [1.29, 1.82) is 0 Å². The molecule has 124 valence electrons. The van der Waals surface area contributed by atoms with Gasteiger partial charge in [-0.3, -0.25) is 9.89 Å². The summed E-state index contributed by atoms with van der Waals surface area (Å²) >= 11 is 0. The van der Waals surface area contributed by atoms with Crippen molar-refractivity contribution >= 4 is 5.91 Å². The van der Waals surface area contributed by atoms with Gasteiger partial charge >= 0.3 is 0 Å². The molecule has 0 radical (unpaired) electrons. The van der Waals surface area contributed by atoms with E-state index in [-0.39, 0.29) is 11.7 Å². The van der Waals surface area contributed by atoms with Crippen molar-refractivity contribution in [2.45, 2.75) is 20.0 Å². The van der Waals surface area contributed by atoms with Gasteiger partial charge in [0.2, 0.25) is 0 Å². The third-order valence-corrected chi connectivity index (χ3v) is 3.86. The Morgan fingerprint density at radius 1 is 1.38 bits per heavy atom. The summed E-state index contributed by atoms with van der Waals surface area (Å²) in [4.78, 5) is 18.4. The number of aryl methyl sites for hydroxylation is 1. The zero-order valence-electron chi connectivity index (χ0n) is 13.6. The number of carbonyl (C=O) groups excluding carboxylic acids is 1. The van der Waals surface area contributed by atoms with Crippen LogP contribution in [0.2, 0.25) is 0 Å². The zero-order valence-corrected chi connectivity index (χ0v) is 13.6. The molecule has 1 amide bonds. The van der Waals surface area contributed by atoms with Crippen molar-refractivity contribution in [1.82, 2.24) is 24.6 Å². The Morgan fingerprint density at radius 3 is 2.92 bits per heavy atom. The van der Waals surface area contributed by atoms with Crippen molar-refractivity contribution in [3.05, 3.63) is 54.2 Å². The van der Waals surface area contributed by atoms with Gasteiger partial charge in [-0.2, -0.15) is 5.10 Å². The number of benzene rings is 1. The lowest BCUT2D eigenvalue weighted by atomic mass is 10.1. The second-order valence-corrected chi connectivity index (χ2v) is 5.47. The Bertz CT molecular complexity index is 852. The predicted molar refractivity (Wildman–Crippen MR) is 89.4 cm³/mol. The second-order valence-electron chi connectivity index (χ2n) is 5.47. The van der Waals surface area contributed by atoms with Crippen molar-refractivity contribution in [2.75, 3.05) is 7.05 Å². The van der Waals surface area contributed by atoms with E-state index in [2.05, 4.69) is 15.2 Å². The summed E-state index contributed by atoms with van der Waals surface area (Å²) < 4.78 is 1.99. The first-order valence-electron chi connectivity index (χ1n) is 7.69. The van der Waals surface area contributed by atoms with Crippen LogP contribution in [-0.2, 0) is 13.1 Å². The Kier molecular flexibility index (Phi) is 4.33. The summed E-state index contributed by atoms with van der Waals surface area (Å²) in [6.45, 7) is 3.24. The van der Waals surface area contributed by atoms with E-state index in [4.69, 9.17) is 0 Å². The number of aromatic amines is 1. The normalized spacial score (nSPS) is 10.8. The highest BCUT2D eigenvalue weighted by molar-refractivity contribution is 5.93. The van der Waals surface area contributed by atoms with Gasteiger partial charge in [-0.15, -0.1) is 0 Å². The molecule has 24 heavy (non-hydrogen) atoms. The van der Waals surface area contributed by atoms with Crippen LogP contribution in [0.4, 0.5) is 0 Å². The number of rotatable bonds is 5. The first-order chi connectivity index (χ1) is 11.6. The van der Waals surface area contributed by atoms with Crippen molar-refractivity contribution < 1.29 is 9.90 Å². The number of nitrogens with one attached hydrogen (secondary N) is 1. The predicted octanol–water partition coefficient (Wildman–Crippen LogP) is 2.27. The fourth-order valence-electron chi connectivity index (χ4n) is 2.53. The lowest BCUT2D eigenvalue weighted by molar-refractivity contribution is 0.0774. The Morgan fingerprint density at radius 2 is 2.17 bits per heavy atom. The number of phenolic OH excluding ortho intramolecular Hbond substituents is 1. The summed E-state index contributed by atoms with van der Waals surface area (Å²) in [5.74, 6) is 0.768. The highest BCUT2D eigenvalue weighted by Gasteiger charge is 2.18. The standard InChI is InChI=1S/C17H19N5O2/c1-3-22-9-8-18-16(22)11-21(2)17(24)14-10-13(19-20-14)12-6-4-5-7-15(12)23/h4-10,23H,3,11H2,1-2H3,(H,19,20). The van der Waals surface area contributed by atoms with Gasteiger partial charge in [-0.1, -0.05) is 12.1 Å². The third-order valence-electron chi connectivity index (χ3n) is 3.86. The van der Waals surface area contributed by atoms with E-state index in [1.54, 1.807) is 42.4 Å². The lowest BCUT2D eigenvalue weighted by Gasteiger charge is -2.16. The molecule has 0 saturated carbocycles. The van der Waals surface area contributed by atoms with Crippen LogP contribution >= 0.6 is 0 Å². The van der Waals surface area contributed by atoms with Gasteiger partial charge in [-0.25, -0.2) is 4.98 Å². The minimum absolute atomic E-state index is 0.126. The smallest absolute Gasteiger partial charge is 0.272 e. The van der Waals surface area contributed by atoms with Crippen molar-refractivity contribution in [3.8, 4) is 17.0 Å². The summed E-state index contributed by atoms with van der Waals surface area (Å²) in [5, 5.41) is 16.8. The molecule has 0 fully saturated rings. The number of hydrogen-bond acceptors (Lipinski definition) is 4. The number of hydrogen-bond donors (Lipinski definition) is 2. The molecule has 3 aromatic rings. The van der Waals surface area contributed by atoms with Gasteiger partial charge < -0.3 is 14.6 Å². The number of carbonyl (C=O) groups is 1. The first kappa shape index (κ1) is 15.8. The molecule has 2 heterocycles. The summed E-state index contributed by atoms with van der Waals surface area (Å²) in [6, 6.07) is 8.52. The molecule has 0 aliphatic heterocycles. The number of amides is 1. The monoisotopic (exact) mass is 325 g/mol. The maximum absolute atomic E-state index is 12.6. The Hall–Kier alpha value is -3.09. The zero-order chi connectivity index (χ0) is 17.1. The maximum atomic E-state index is 12.6. The van der Waals surface area contributed by atoms with Gasteiger partial charge in [0.05, 0.1) is 12.2 Å². The topological polar surface area (TPSA) is 87.0 Å². The van der Waals surface area contributed by atoms with Crippen LogP contribution in [-0.4, -0.2) is 42.7 Å². The molecule has 3 rings (SSSR count). The van der Waals surface area contributed by atoms with E-state index in [0.717, 1.165) is 12.4 Å². The van der Waals surface area contributed by atoms with E-state index in [1.807, 2.05) is 23.8 Å². The average Bonchev–Trinajstić information content (AvgIpc) is 3.23. The molecule has 0 unspecified atom stereocenters. The molecule has 0 aliphatic rings. The van der Waals surface area contributed by atoms with Crippen LogP contribution in [0.1, 0.15) is 23.2 Å². The highest BCUT2D eigenvalue weighted by Crippen LogP contribution is 2.27. The number of phenols is 1. The van der Waals surface area contributed by atoms with Gasteiger partial charge in [0.25, 0.3) is 5.91 Å². The SMILES string of the molecule is CCn1ccnc1CN(C)C(=O)c1cc(-c2ccccc2O)n[nH]1. The molecule has 0 bridgehead atoms. The minimum Gasteiger partial charge on any atom is -0.507 e. The van der Waals surface area contributed by atoms with Crippen LogP contribution in [0.3, 0.4) is 0 Å². The summed E-state index contributed by atoms with van der Waals surface area (Å²) in [7, 11) is 1.72. The molecule has 0 spiro atoms. The lowest BCUT2D eigenvalue weighted by Crippen LogP contribution is -2.28. The van der Waals surface area contributed by atoms with E-state index in [1.165, 1.54) is 0 Å². The molecule has 7 nitrogen and oxygen atoms in total. The average molecular weight is 325 g/mol. The largest absolute Gasteiger partial charge is 0.507 e. The number of nitrogens with zero attached hydrogens (tertiary/aromatic N) is 4. The van der Waals surface area contributed by atoms with E-state index in [9.17, 15) is 9.90 Å². The van der Waals surface area contributed by atoms with E-state index in [0.29, 0.717) is 23.5 Å². The molecule has 0 aliphatic carbocycles. The molecular weight excluding hydrogens is 306 g/mol. The number of H-pyrrole nitrogens is 1. The number of imidazole rings is 1. The van der Waals surface area contributed by atoms with Gasteiger partial charge in [0.1, 0.15) is 17.3 Å². The van der Waals surface area contributed by atoms with Gasteiger partial charge in [-0.05, 0) is 25.1 Å². The molecule has 0 atom stereocenters. The van der Waals surface area contributed by atoms with Crippen LogP contribution in [0.5, 0.6) is 5.75 Å². The van der Waals surface area contributed by atoms with Crippen LogP contribution in [0.25, 0.3) is 11.3 Å². The fraction of sp³-hybridized carbons (Fsp3) is 0.235. The number of para-hydroxylation sites is 1. The molecular formula is C17H19N5O2. The molecule has 1 aromatic carbocycles. The quantitative estimate of drug-likeness (QED) is 0.753. The highest BCUT2D eigenvalue weighted by atomic mass is 16.3. The number of aromatic hydroxyl groups is 1. The van der Waals surface area contributed by atoms with E-state index < -0.39 is 0 Å². The number of aromatic nitrogens is 4. The van der Waals surface area contributed by atoms with Crippen LogP contribution in [0.15, 0.2) is 42.7 Å². The second kappa shape index (κ2) is 6.57. The molecule has 0 saturated heterocycles. The first-order valence-corrected chi connectivity index (χ1v) is 7.69. The van der Waals surface area contributed by atoms with Crippen LogP contribution < -0.4 is 0 Å². The molecule has 7 heteroatoms. The summed E-state index contributed by atoms with van der Waals surface area (Å²) in [5.41, 5.74) is 1.47. The van der Waals surface area contributed by atoms with Crippen molar-refractivity contribution in [2.24, 2.45) is 0 Å². The minimum atomic E-state index is -0.185. The van der Waals surface area contributed by atoms with Gasteiger partial charge in [0.15, 0.2) is 0 Å². The maximum Gasteiger partial charge on any atom is 0.272 e. The summed E-state index contributed by atoms with van der Waals surface area (Å²) in [6.07, 6.45) is 3.61. The molecule has 2 N–H and O–H groups in total. The Balaban J connectivity index is 1.77. The third kappa shape index (κ3) is 3.01. The van der Waals surface area contributed by atoms with Crippen molar-refractivity contribution in [3.63, 3.8) is 0 Å².